The normalized spacial score (nSPS) is 29.4. The molecule has 1 unspecified atom stereocenters. The van der Waals surface area contributed by atoms with E-state index in [9.17, 15) is 4.79 Å². The third-order valence-corrected chi connectivity index (χ3v) is 4.25. The molecule has 1 spiro atoms. The molecule has 0 bridgehead atoms. The van der Waals surface area contributed by atoms with Gasteiger partial charge in [-0.3, -0.25) is 4.79 Å². The lowest BCUT2D eigenvalue weighted by atomic mass is 9.75. The van der Waals surface area contributed by atoms with Crippen molar-refractivity contribution in [1.82, 2.24) is 4.90 Å². The van der Waals surface area contributed by atoms with E-state index >= 15 is 0 Å². The highest BCUT2D eigenvalue weighted by Gasteiger charge is 2.56. The molecule has 0 radical (unpaired) electrons. The summed E-state index contributed by atoms with van der Waals surface area (Å²) in [6, 6.07) is 0. The van der Waals surface area contributed by atoms with E-state index in [0.29, 0.717) is 5.54 Å². The fraction of sp³-hybridized carbons (Fsp3) is 0.938. The average Bonchev–Trinajstić information content (AvgIpc) is 3.06. The molecule has 1 aliphatic carbocycles. The van der Waals surface area contributed by atoms with E-state index in [1.807, 2.05) is 34.6 Å². The van der Waals surface area contributed by atoms with E-state index in [1.54, 1.807) is 0 Å². The first-order chi connectivity index (χ1) is 8.67. The Kier molecular flexibility index (Phi) is 4.71. The van der Waals surface area contributed by atoms with Crippen LogP contribution in [0.4, 0.5) is 0 Å². The molecule has 0 amide bonds. The molecule has 1 saturated carbocycles. The third kappa shape index (κ3) is 3.71. The summed E-state index contributed by atoms with van der Waals surface area (Å²) in [7, 11) is 2.18. The smallest absolute Gasteiger partial charge is 0.312 e. The van der Waals surface area contributed by atoms with Gasteiger partial charge in [0.25, 0.3) is 0 Å². The van der Waals surface area contributed by atoms with Crippen molar-refractivity contribution in [2.24, 2.45) is 5.41 Å². The van der Waals surface area contributed by atoms with Gasteiger partial charge in [0.1, 0.15) is 5.60 Å². The Morgan fingerprint density at radius 3 is 2.11 bits per heavy atom. The molecule has 3 nitrogen and oxygen atoms in total. The minimum absolute atomic E-state index is 0.00984. The van der Waals surface area contributed by atoms with Crippen molar-refractivity contribution < 1.29 is 9.53 Å². The lowest BCUT2D eigenvalue weighted by Crippen LogP contribution is -2.50. The summed E-state index contributed by atoms with van der Waals surface area (Å²) in [5.41, 5.74) is -0.347. The number of likely N-dealkylation sites (tertiary alicyclic amines) is 1. The number of hydrogen-bond donors (Lipinski definition) is 0. The zero-order chi connectivity index (χ0) is 14.9. The van der Waals surface area contributed by atoms with Gasteiger partial charge in [-0.1, -0.05) is 13.8 Å². The van der Waals surface area contributed by atoms with Crippen LogP contribution < -0.4 is 0 Å². The van der Waals surface area contributed by atoms with E-state index in [2.05, 4.69) is 18.9 Å². The van der Waals surface area contributed by atoms with E-state index in [1.165, 1.54) is 12.8 Å². The van der Waals surface area contributed by atoms with E-state index < -0.39 is 0 Å². The summed E-state index contributed by atoms with van der Waals surface area (Å²) in [6.07, 6.45) is 4.36. The first-order valence-corrected chi connectivity index (χ1v) is 7.62. The SMILES string of the molecule is CC.CN1CCC(C)(C(=O)OC(C)(C)C)CC12CC2. The van der Waals surface area contributed by atoms with Crippen LogP contribution in [-0.4, -0.2) is 35.6 Å². The van der Waals surface area contributed by atoms with Gasteiger partial charge in [0.2, 0.25) is 0 Å². The second kappa shape index (κ2) is 5.43. The van der Waals surface area contributed by atoms with Crippen molar-refractivity contribution in [3.8, 4) is 0 Å². The van der Waals surface area contributed by atoms with Crippen LogP contribution in [0, 0.1) is 5.41 Å². The van der Waals surface area contributed by atoms with Crippen LogP contribution in [0.3, 0.4) is 0 Å². The molecule has 2 rings (SSSR count). The number of hydrogen-bond acceptors (Lipinski definition) is 3. The topological polar surface area (TPSA) is 29.5 Å². The zero-order valence-corrected chi connectivity index (χ0v) is 13.8. The molecule has 112 valence electrons. The molecule has 3 heteroatoms. The van der Waals surface area contributed by atoms with Crippen LogP contribution >= 0.6 is 0 Å². The standard InChI is InChI=1S/C14H25NO2.C2H6/c1-12(2,3)17-11(16)13(4)8-9-15(5)14(10-13)6-7-14;1-2/h6-10H2,1-5H3;1-2H3. The molecular weight excluding hydrogens is 238 g/mol. The van der Waals surface area contributed by atoms with Gasteiger partial charge in [-0.05, 0) is 67.0 Å². The highest BCUT2D eigenvalue weighted by Crippen LogP contribution is 2.53. The highest BCUT2D eigenvalue weighted by molar-refractivity contribution is 5.77. The number of piperidine rings is 1. The molecule has 0 aromatic heterocycles. The molecule has 0 N–H and O–H groups in total. The van der Waals surface area contributed by atoms with E-state index in [-0.39, 0.29) is 17.0 Å². The molecule has 1 atom stereocenters. The van der Waals surface area contributed by atoms with Crippen LogP contribution in [0.1, 0.15) is 67.2 Å². The second-order valence-electron chi connectivity index (χ2n) is 7.14. The molecule has 1 saturated heterocycles. The zero-order valence-electron chi connectivity index (χ0n) is 13.8. The Morgan fingerprint density at radius 2 is 1.68 bits per heavy atom. The van der Waals surface area contributed by atoms with Gasteiger partial charge in [-0.2, -0.15) is 0 Å². The van der Waals surface area contributed by atoms with Gasteiger partial charge in [0.05, 0.1) is 5.41 Å². The summed E-state index contributed by atoms with van der Waals surface area (Å²) >= 11 is 0. The van der Waals surface area contributed by atoms with Crippen LogP contribution in [0.25, 0.3) is 0 Å². The maximum atomic E-state index is 12.3. The Balaban J connectivity index is 0.000000861. The molecule has 0 aromatic rings. The van der Waals surface area contributed by atoms with Crippen LogP contribution in [0.5, 0.6) is 0 Å². The lowest BCUT2D eigenvalue weighted by Gasteiger charge is -2.43. The monoisotopic (exact) mass is 269 g/mol. The number of ether oxygens (including phenoxy) is 1. The van der Waals surface area contributed by atoms with Crippen LogP contribution in [0.15, 0.2) is 0 Å². The van der Waals surface area contributed by atoms with Gasteiger partial charge in [0.15, 0.2) is 0 Å². The summed E-state index contributed by atoms with van der Waals surface area (Å²) in [5.74, 6) is -0.00984. The Hall–Kier alpha value is -0.570. The van der Waals surface area contributed by atoms with E-state index in [0.717, 1.165) is 19.4 Å². The number of esters is 1. The third-order valence-electron chi connectivity index (χ3n) is 4.25. The Morgan fingerprint density at radius 1 is 1.16 bits per heavy atom. The molecule has 19 heavy (non-hydrogen) atoms. The fourth-order valence-corrected chi connectivity index (χ4v) is 2.88. The molecule has 0 aromatic carbocycles. The van der Waals surface area contributed by atoms with Crippen molar-refractivity contribution >= 4 is 5.97 Å². The maximum absolute atomic E-state index is 12.3. The maximum Gasteiger partial charge on any atom is 0.312 e. The van der Waals surface area contributed by atoms with Crippen molar-refractivity contribution in [3.05, 3.63) is 0 Å². The Labute approximate surface area is 118 Å². The molecule has 2 fully saturated rings. The highest BCUT2D eigenvalue weighted by atomic mass is 16.6. The van der Waals surface area contributed by atoms with Gasteiger partial charge in [-0.15, -0.1) is 0 Å². The number of carbonyl (C=O) groups excluding carboxylic acids is 1. The van der Waals surface area contributed by atoms with Crippen molar-refractivity contribution in [2.45, 2.75) is 78.4 Å². The first-order valence-electron chi connectivity index (χ1n) is 7.62. The quantitative estimate of drug-likeness (QED) is 0.681. The number of rotatable bonds is 1. The van der Waals surface area contributed by atoms with Crippen molar-refractivity contribution in [3.63, 3.8) is 0 Å². The minimum Gasteiger partial charge on any atom is -0.460 e. The van der Waals surface area contributed by atoms with E-state index in [4.69, 9.17) is 4.74 Å². The summed E-state index contributed by atoms with van der Waals surface area (Å²) in [4.78, 5) is 14.7. The summed E-state index contributed by atoms with van der Waals surface area (Å²) in [5, 5.41) is 0. The van der Waals surface area contributed by atoms with Crippen LogP contribution in [0.2, 0.25) is 0 Å². The average molecular weight is 269 g/mol. The van der Waals surface area contributed by atoms with Gasteiger partial charge < -0.3 is 9.64 Å². The van der Waals surface area contributed by atoms with Crippen molar-refractivity contribution in [2.75, 3.05) is 13.6 Å². The molecule has 1 heterocycles. The molecular formula is C16H31NO2. The lowest BCUT2D eigenvalue weighted by molar-refractivity contribution is -0.171. The predicted molar refractivity (Wildman–Crippen MR) is 79.1 cm³/mol. The van der Waals surface area contributed by atoms with Gasteiger partial charge in [-0.25, -0.2) is 0 Å². The molecule has 1 aliphatic heterocycles. The summed E-state index contributed by atoms with van der Waals surface area (Å²) in [6.45, 7) is 12.9. The number of carbonyl (C=O) groups is 1. The Bertz CT molecular complexity index is 328. The number of nitrogens with zero attached hydrogens (tertiary/aromatic N) is 1. The van der Waals surface area contributed by atoms with Gasteiger partial charge in [0, 0.05) is 5.54 Å². The molecule has 2 aliphatic rings. The van der Waals surface area contributed by atoms with Crippen molar-refractivity contribution in [1.29, 1.82) is 0 Å². The van der Waals surface area contributed by atoms with Gasteiger partial charge >= 0.3 is 5.97 Å². The fourth-order valence-electron chi connectivity index (χ4n) is 2.88. The summed E-state index contributed by atoms with van der Waals surface area (Å²) < 4.78 is 5.58. The largest absolute Gasteiger partial charge is 0.460 e. The second-order valence-corrected chi connectivity index (χ2v) is 7.14. The predicted octanol–water partition coefficient (Wildman–Crippen LogP) is 3.62. The van der Waals surface area contributed by atoms with Crippen LogP contribution in [-0.2, 0) is 9.53 Å². The minimum atomic E-state index is -0.375. The first kappa shape index (κ1) is 16.5.